The Labute approximate surface area is 157 Å². The quantitative estimate of drug-likeness (QED) is 0.790. The maximum atomic E-state index is 12.3. The molecule has 0 aliphatic heterocycles. The van der Waals surface area contributed by atoms with Crippen molar-refractivity contribution < 1.29 is 16.8 Å². The Morgan fingerprint density at radius 1 is 0.846 bits per heavy atom. The second-order valence-corrected chi connectivity index (χ2v) is 12.0. The van der Waals surface area contributed by atoms with Crippen molar-refractivity contribution >= 4 is 25.4 Å². The fraction of sp³-hybridized carbons (Fsp3) is 0.684. The van der Waals surface area contributed by atoms with Crippen molar-refractivity contribution in [3.63, 3.8) is 0 Å². The van der Waals surface area contributed by atoms with Crippen molar-refractivity contribution in [1.82, 2.24) is 0 Å². The van der Waals surface area contributed by atoms with Crippen LogP contribution >= 0.6 is 0 Å². The molecule has 0 saturated heterocycles. The van der Waals surface area contributed by atoms with Crippen LogP contribution in [0.3, 0.4) is 0 Å². The maximum absolute atomic E-state index is 12.3. The average molecular weight is 400 g/mol. The fourth-order valence-corrected chi connectivity index (χ4v) is 6.18. The molecule has 1 aromatic rings. The monoisotopic (exact) mass is 399 g/mol. The molecule has 0 heterocycles. The van der Waals surface area contributed by atoms with E-state index >= 15 is 0 Å². The van der Waals surface area contributed by atoms with Gasteiger partial charge in [-0.3, -0.25) is 0 Å². The Morgan fingerprint density at radius 2 is 1.35 bits per heavy atom. The number of nitrogens with one attached hydrogen (secondary N) is 1. The zero-order valence-electron chi connectivity index (χ0n) is 15.6. The summed E-state index contributed by atoms with van der Waals surface area (Å²) in [6.07, 6.45) is 11.9. The lowest BCUT2D eigenvalue weighted by Crippen LogP contribution is -2.34. The molecule has 2 aliphatic carbocycles. The Hall–Kier alpha value is -1.08. The van der Waals surface area contributed by atoms with Crippen molar-refractivity contribution in [1.29, 1.82) is 0 Å². The molecule has 2 fully saturated rings. The zero-order valence-corrected chi connectivity index (χ0v) is 17.2. The number of rotatable bonds is 6. The minimum atomic E-state index is -3.54. The number of hydrogen-bond acceptors (Lipinski definition) is 5. The minimum Gasteiger partial charge on any atom is -0.381 e. The van der Waals surface area contributed by atoms with E-state index in [0.717, 1.165) is 12.5 Å². The van der Waals surface area contributed by atoms with Gasteiger partial charge in [-0.1, -0.05) is 25.7 Å². The van der Waals surface area contributed by atoms with Gasteiger partial charge in [-0.15, -0.1) is 0 Å². The van der Waals surface area contributed by atoms with Crippen molar-refractivity contribution in [3.05, 3.63) is 18.2 Å². The fourth-order valence-electron chi connectivity index (χ4n) is 4.59. The van der Waals surface area contributed by atoms with Gasteiger partial charge in [0.25, 0.3) is 0 Å². The molecule has 2 saturated carbocycles. The first-order chi connectivity index (χ1) is 12.2. The van der Waals surface area contributed by atoms with Crippen LogP contribution in [0, 0.1) is 11.8 Å². The van der Waals surface area contributed by atoms with Crippen LogP contribution < -0.4 is 5.32 Å². The largest absolute Gasteiger partial charge is 0.381 e. The van der Waals surface area contributed by atoms with Crippen molar-refractivity contribution in [3.8, 4) is 0 Å². The van der Waals surface area contributed by atoms with Crippen LogP contribution in [0.25, 0.3) is 0 Å². The first kappa shape index (κ1) is 19.7. The second kappa shape index (κ2) is 7.50. The van der Waals surface area contributed by atoms with Gasteiger partial charge in [-0.2, -0.15) is 0 Å². The van der Waals surface area contributed by atoms with Crippen LogP contribution in [-0.4, -0.2) is 35.4 Å². The molecule has 5 nitrogen and oxygen atoms in total. The number of hydrogen-bond donors (Lipinski definition) is 1. The van der Waals surface area contributed by atoms with Gasteiger partial charge in [0.05, 0.1) is 15.5 Å². The summed E-state index contributed by atoms with van der Waals surface area (Å²) in [5.41, 5.74) is 0.545. The van der Waals surface area contributed by atoms with E-state index < -0.39 is 19.7 Å². The molecule has 0 unspecified atom stereocenters. The molecule has 0 bridgehead atoms. The Bertz CT molecular complexity index is 834. The van der Waals surface area contributed by atoms with Crippen LogP contribution in [0.15, 0.2) is 28.0 Å². The van der Waals surface area contributed by atoms with Gasteiger partial charge in [-0.25, -0.2) is 16.8 Å². The topological polar surface area (TPSA) is 80.3 Å². The summed E-state index contributed by atoms with van der Waals surface area (Å²) in [6.45, 7) is 0. The molecule has 0 amide bonds. The molecular formula is C19H29NO4S2. The van der Waals surface area contributed by atoms with Crippen molar-refractivity contribution in [2.75, 3.05) is 17.8 Å². The minimum absolute atomic E-state index is 0.0433. The first-order valence-electron chi connectivity index (χ1n) is 9.47. The van der Waals surface area contributed by atoms with Crippen LogP contribution in [0.2, 0.25) is 0 Å². The van der Waals surface area contributed by atoms with E-state index in [0.29, 0.717) is 17.5 Å². The second-order valence-electron chi connectivity index (χ2n) is 7.96. The Morgan fingerprint density at radius 3 is 1.77 bits per heavy atom. The zero-order chi connectivity index (χ0) is 18.9. The summed E-state index contributed by atoms with van der Waals surface area (Å²) in [5.74, 6) is 1.14. The lowest BCUT2D eigenvalue weighted by molar-refractivity contribution is 0.337. The maximum Gasteiger partial charge on any atom is 0.177 e. The number of benzene rings is 1. The predicted molar refractivity (Wildman–Crippen MR) is 104 cm³/mol. The number of anilines is 1. The van der Waals surface area contributed by atoms with E-state index in [2.05, 4.69) is 5.32 Å². The molecular weight excluding hydrogens is 370 g/mol. The van der Waals surface area contributed by atoms with Gasteiger partial charge >= 0.3 is 0 Å². The molecule has 3 rings (SSSR count). The molecule has 0 aromatic heterocycles. The highest BCUT2D eigenvalue weighted by Crippen LogP contribution is 2.40. The standard InChI is InChI=1S/C19H29NO4S2/c1-25(21,22)16-11-12-17(18(13-16)26(2,23)24)20-19(14-7-3-4-8-14)15-9-5-6-10-15/h11-15,19-20H,3-10H2,1-2H3. The predicted octanol–water partition coefficient (Wildman–Crippen LogP) is 3.65. The molecule has 0 spiro atoms. The molecule has 1 N–H and O–H groups in total. The molecule has 26 heavy (non-hydrogen) atoms. The normalized spacial score (nSPS) is 20.1. The molecule has 0 radical (unpaired) electrons. The van der Waals surface area contributed by atoms with Gasteiger partial charge in [0, 0.05) is 18.6 Å². The third-order valence-electron chi connectivity index (χ3n) is 5.92. The lowest BCUT2D eigenvalue weighted by Gasteiger charge is -2.32. The van der Waals surface area contributed by atoms with E-state index in [1.807, 2.05) is 0 Å². The Balaban J connectivity index is 1.98. The van der Waals surface area contributed by atoms with E-state index in [1.54, 1.807) is 6.07 Å². The highest BCUT2D eigenvalue weighted by Gasteiger charge is 2.34. The highest BCUT2D eigenvalue weighted by molar-refractivity contribution is 7.91. The molecule has 0 atom stereocenters. The summed E-state index contributed by atoms with van der Waals surface area (Å²) in [6, 6.07) is 4.70. The molecule has 7 heteroatoms. The van der Waals surface area contributed by atoms with Gasteiger partial charge in [0.15, 0.2) is 19.7 Å². The number of sulfone groups is 2. The summed E-state index contributed by atoms with van der Waals surface area (Å²) in [5, 5.41) is 3.54. The van der Waals surface area contributed by atoms with Gasteiger partial charge in [-0.05, 0) is 55.7 Å². The summed E-state index contributed by atoms with van der Waals surface area (Å²) >= 11 is 0. The van der Waals surface area contributed by atoms with Gasteiger partial charge in [0.2, 0.25) is 0 Å². The van der Waals surface area contributed by atoms with Crippen molar-refractivity contribution in [2.24, 2.45) is 11.8 Å². The van der Waals surface area contributed by atoms with E-state index in [1.165, 1.54) is 63.5 Å². The third-order valence-corrected chi connectivity index (χ3v) is 8.17. The average Bonchev–Trinajstić information content (AvgIpc) is 3.24. The third kappa shape index (κ3) is 4.42. The van der Waals surface area contributed by atoms with Gasteiger partial charge in [0.1, 0.15) is 0 Å². The molecule has 2 aliphatic rings. The van der Waals surface area contributed by atoms with Crippen LogP contribution in [0.5, 0.6) is 0 Å². The van der Waals surface area contributed by atoms with Gasteiger partial charge < -0.3 is 5.32 Å². The van der Waals surface area contributed by atoms with Crippen LogP contribution in [-0.2, 0) is 19.7 Å². The van der Waals surface area contributed by atoms with E-state index in [-0.39, 0.29) is 15.8 Å². The summed E-state index contributed by atoms with van der Waals surface area (Å²) < 4.78 is 48.3. The highest BCUT2D eigenvalue weighted by atomic mass is 32.2. The first-order valence-corrected chi connectivity index (χ1v) is 13.3. The van der Waals surface area contributed by atoms with Crippen LogP contribution in [0.1, 0.15) is 51.4 Å². The summed E-state index contributed by atoms with van der Waals surface area (Å²) in [7, 11) is -6.99. The SMILES string of the molecule is CS(=O)(=O)c1ccc(NC(C2CCCC2)C2CCCC2)c(S(C)(=O)=O)c1. The summed E-state index contributed by atoms with van der Waals surface area (Å²) in [4.78, 5) is 0.128. The van der Waals surface area contributed by atoms with Crippen molar-refractivity contribution in [2.45, 2.75) is 67.2 Å². The smallest absolute Gasteiger partial charge is 0.177 e. The van der Waals surface area contributed by atoms with Crippen LogP contribution in [0.4, 0.5) is 5.69 Å². The molecule has 1 aromatic carbocycles. The van der Waals surface area contributed by atoms with E-state index in [4.69, 9.17) is 0 Å². The van der Waals surface area contributed by atoms with E-state index in [9.17, 15) is 16.8 Å². The Kier molecular flexibility index (Phi) is 5.68. The molecule has 146 valence electrons. The lowest BCUT2D eigenvalue weighted by atomic mass is 9.85.